The van der Waals surface area contributed by atoms with E-state index in [4.69, 9.17) is 0 Å². The molecule has 0 unspecified atom stereocenters. The van der Waals surface area contributed by atoms with Gasteiger partial charge in [-0.3, -0.25) is 4.98 Å². The Morgan fingerprint density at radius 2 is 1.92 bits per heavy atom. The molecule has 1 nitrogen and oxygen atoms in total. The minimum absolute atomic E-state index is 0.246. The molecule has 2 heterocycles. The van der Waals surface area contributed by atoms with Gasteiger partial charge in [0.05, 0.1) is 4.88 Å². The SMILES string of the molecule is CC(C)(C)c1ccc2cncc-2s1. The molecule has 68 valence electrons. The van der Waals surface area contributed by atoms with Crippen molar-refractivity contribution in [3.63, 3.8) is 0 Å². The summed E-state index contributed by atoms with van der Waals surface area (Å²) < 4.78 is 0. The van der Waals surface area contributed by atoms with Gasteiger partial charge in [0, 0.05) is 22.8 Å². The van der Waals surface area contributed by atoms with Crippen LogP contribution in [-0.2, 0) is 5.41 Å². The Morgan fingerprint density at radius 3 is 2.62 bits per heavy atom. The van der Waals surface area contributed by atoms with E-state index >= 15 is 0 Å². The lowest BCUT2D eigenvalue weighted by Gasteiger charge is -2.18. The molecule has 2 rings (SSSR count). The number of rotatable bonds is 0. The molecule has 0 amide bonds. The van der Waals surface area contributed by atoms with Crippen LogP contribution in [0, 0.1) is 0 Å². The van der Waals surface area contributed by atoms with Gasteiger partial charge in [-0.1, -0.05) is 26.8 Å². The molecule has 0 N–H and O–H groups in total. The van der Waals surface area contributed by atoms with Crippen LogP contribution in [0.3, 0.4) is 0 Å². The van der Waals surface area contributed by atoms with Crippen LogP contribution in [0.1, 0.15) is 25.6 Å². The van der Waals surface area contributed by atoms with Gasteiger partial charge in [-0.2, -0.15) is 0 Å². The molecule has 0 saturated carbocycles. The Morgan fingerprint density at radius 1 is 1.15 bits per heavy atom. The lowest BCUT2D eigenvalue weighted by molar-refractivity contribution is 0.603. The lowest BCUT2D eigenvalue weighted by Crippen LogP contribution is -2.09. The van der Waals surface area contributed by atoms with Crippen LogP contribution in [0.15, 0.2) is 24.5 Å². The molecule has 2 aliphatic rings. The number of aromatic nitrogens is 1. The fourth-order valence-corrected chi connectivity index (χ4v) is 2.29. The molecular formula is C11H13NS. The smallest absolute Gasteiger partial charge is 0.0543 e. The van der Waals surface area contributed by atoms with Gasteiger partial charge in [0.25, 0.3) is 0 Å². The Bertz CT molecular complexity index is 384. The van der Waals surface area contributed by atoms with Gasteiger partial charge in [-0.05, 0) is 11.5 Å². The first kappa shape index (κ1) is 8.70. The van der Waals surface area contributed by atoms with Gasteiger partial charge in [-0.15, -0.1) is 11.3 Å². The Kier molecular flexibility index (Phi) is 1.88. The van der Waals surface area contributed by atoms with Gasteiger partial charge >= 0.3 is 0 Å². The van der Waals surface area contributed by atoms with Gasteiger partial charge in [0.15, 0.2) is 0 Å². The summed E-state index contributed by atoms with van der Waals surface area (Å²) in [6.07, 6.45) is 3.85. The fraction of sp³-hybridized carbons (Fsp3) is 0.364. The third-order valence-electron chi connectivity index (χ3n) is 2.06. The zero-order valence-corrected chi connectivity index (χ0v) is 8.98. The van der Waals surface area contributed by atoms with E-state index in [1.165, 1.54) is 15.3 Å². The molecule has 0 spiro atoms. The molecule has 0 saturated heterocycles. The van der Waals surface area contributed by atoms with Crippen molar-refractivity contribution < 1.29 is 0 Å². The van der Waals surface area contributed by atoms with Crippen molar-refractivity contribution in [2.45, 2.75) is 26.2 Å². The van der Waals surface area contributed by atoms with E-state index in [-0.39, 0.29) is 5.41 Å². The van der Waals surface area contributed by atoms with Crippen LogP contribution in [0.4, 0.5) is 0 Å². The highest BCUT2D eigenvalue weighted by Crippen LogP contribution is 2.34. The van der Waals surface area contributed by atoms with E-state index in [0.29, 0.717) is 0 Å². The quantitative estimate of drug-likeness (QED) is 0.620. The molecular weight excluding hydrogens is 178 g/mol. The van der Waals surface area contributed by atoms with Crippen molar-refractivity contribution in [1.82, 2.24) is 4.98 Å². The third kappa shape index (κ3) is 1.59. The second kappa shape index (κ2) is 2.81. The maximum Gasteiger partial charge on any atom is 0.0543 e. The molecule has 0 fully saturated rings. The van der Waals surface area contributed by atoms with E-state index in [1.807, 2.05) is 23.7 Å². The van der Waals surface area contributed by atoms with Gasteiger partial charge in [0.2, 0.25) is 0 Å². The topological polar surface area (TPSA) is 12.9 Å². The molecule has 0 radical (unpaired) electrons. The minimum Gasteiger partial charge on any atom is -0.263 e. The normalized spacial score (nSPS) is 12.2. The van der Waals surface area contributed by atoms with E-state index in [0.717, 1.165) is 0 Å². The second-order valence-corrected chi connectivity index (χ2v) is 5.36. The van der Waals surface area contributed by atoms with Crippen LogP contribution in [0.25, 0.3) is 10.4 Å². The summed E-state index contributed by atoms with van der Waals surface area (Å²) >= 11 is 1.84. The van der Waals surface area contributed by atoms with E-state index in [9.17, 15) is 0 Å². The Balaban J connectivity index is 2.56. The number of hydrogen-bond donors (Lipinski definition) is 0. The fourth-order valence-electron chi connectivity index (χ4n) is 1.25. The van der Waals surface area contributed by atoms with Crippen LogP contribution in [0.2, 0.25) is 0 Å². The monoisotopic (exact) mass is 191 g/mol. The predicted octanol–water partition coefficient (Wildman–Crippen LogP) is 3.55. The number of fused-ring (bicyclic) bond motifs is 1. The molecule has 0 aliphatic carbocycles. The molecule has 0 aromatic rings. The summed E-state index contributed by atoms with van der Waals surface area (Å²) in [5.41, 5.74) is 1.49. The standard InChI is InChI=1S/C11H13NS/c1-11(2,3)10-5-4-8-6-12-7-9(8)13-10/h4-7H,1-3H3. The first-order chi connectivity index (χ1) is 6.07. The molecule has 2 heteroatoms. The summed E-state index contributed by atoms with van der Waals surface area (Å²) in [7, 11) is 0. The van der Waals surface area contributed by atoms with Crippen LogP contribution in [0.5, 0.6) is 0 Å². The first-order valence-corrected chi connectivity index (χ1v) is 5.23. The highest BCUT2D eigenvalue weighted by atomic mass is 32.1. The van der Waals surface area contributed by atoms with Crippen molar-refractivity contribution >= 4 is 11.3 Å². The van der Waals surface area contributed by atoms with E-state index < -0.39 is 0 Å². The average molecular weight is 191 g/mol. The van der Waals surface area contributed by atoms with E-state index in [2.05, 4.69) is 37.9 Å². The lowest BCUT2D eigenvalue weighted by atomic mass is 9.94. The maximum atomic E-state index is 4.13. The maximum absolute atomic E-state index is 4.13. The molecule has 0 atom stereocenters. The Hall–Kier alpha value is -0.890. The van der Waals surface area contributed by atoms with Crippen molar-refractivity contribution in [2.24, 2.45) is 0 Å². The highest BCUT2D eigenvalue weighted by Gasteiger charge is 2.16. The second-order valence-electron chi connectivity index (χ2n) is 4.28. The summed E-state index contributed by atoms with van der Waals surface area (Å²) in [4.78, 5) is 6.83. The number of hydrogen-bond acceptors (Lipinski definition) is 2. The average Bonchev–Trinajstić information content (AvgIpc) is 2.47. The van der Waals surface area contributed by atoms with Crippen molar-refractivity contribution in [2.75, 3.05) is 0 Å². The zero-order chi connectivity index (χ0) is 9.47. The van der Waals surface area contributed by atoms with Crippen LogP contribution in [-0.4, -0.2) is 4.98 Å². The minimum atomic E-state index is 0.246. The molecule has 2 aliphatic heterocycles. The number of nitrogens with zero attached hydrogens (tertiary/aromatic N) is 1. The predicted molar refractivity (Wildman–Crippen MR) is 57.4 cm³/mol. The summed E-state index contributed by atoms with van der Waals surface area (Å²) in [6, 6.07) is 4.36. The third-order valence-corrected chi connectivity index (χ3v) is 3.59. The van der Waals surface area contributed by atoms with Gasteiger partial charge in [0.1, 0.15) is 0 Å². The van der Waals surface area contributed by atoms with Crippen molar-refractivity contribution in [3.8, 4) is 10.4 Å². The molecule has 0 bridgehead atoms. The van der Waals surface area contributed by atoms with Crippen molar-refractivity contribution in [3.05, 3.63) is 29.4 Å². The molecule has 0 aromatic heterocycles. The zero-order valence-electron chi connectivity index (χ0n) is 8.16. The van der Waals surface area contributed by atoms with Crippen LogP contribution >= 0.6 is 11.3 Å². The van der Waals surface area contributed by atoms with E-state index in [1.54, 1.807) is 0 Å². The Labute approximate surface area is 82.8 Å². The summed E-state index contributed by atoms with van der Waals surface area (Å²) in [5.74, 6) is 0. The molecule has 13 heavy (non-hydrogen) atoms. The van der Waals surface area contributed by atoms with Crippen LogP contribution < -0.4 is 0 Å². The van der Waals surface area contributed by atoms with Gasteiger partial charge < -0.3 is 0 Å². The van der Waals surface area contributed by atoms with Crippen molar-refractivity contribution in [1.29, 1.82) is 0 Å². The van der Waals surface area contributed by atoms with Gasteiger partial charge in [-0.25, -0.2) is 0 Å². The first-order valence-electron chi connectivity index (χ1n) is 4.41. The summed E-state index contributed by atoms with van der Waals surface area (Å²) in [5, 5.41) is 0. The largest absolute Gasteiger partial charge is 0.263 e. The highest BCUT2D eigenvalue weighted by molar-refractivity contribution is 7.15. The summed E-state index contributed by atoms with van der Waals surface area (Å²) in [6.45, 7) is 6.71. The molecule has 0 aromatic carbocycles.